The van der Waals surface area contributed by atoms with Gasteiger partial charge in [0.1, 0.15) is 11.6 Å². The predicted molar refractivity (Wildman–Crippen MR) is 131 cm³/mol. The minimum Gasteiger partial charge on any atom is -0.482 e. The Morgan fingerprint density at radius 1 is 1.16 bits per heavy atom. The van der Waals surface area contributed by atoms with Crippen LogP contribution in [-0.2, 0) is 11.3 Å². The molecule has 166 valence electrons. The number of halogens is 3. The molecule has 0 bridgehead atoms. The van der Waals surface area contributed by atoms with Crippen LogP contribution in [0.3, 0.4) is 0 Å². The van der Waals surface area contributed by atoms with Crippen LogP contribution in [0.1, 0.15) is 19.4 Å². The third kappa shape index (κ3) is 6.04. The largest absolute Gasteiger partial charge is 0.482 e. The van der Waals surface area contributed by atoms with E-state index < -0.39 is 4.92 Å². The lowest BCUT2D eigenvalue weighted by atomic mass is 10.1. The second kappa shape index (κ2) is 10.4. The van der Waals surface area contributed by atoms with Gasteiger partial charge in [-0.3, -0.25) is 19.8 Å². The number of hydrogen-bond donors (Lipinski definition) is 0. The molecular weight excluding hydrogens is 631 g/mol. The summed E-state index contributed by atoms with van der Waals surface area (Å²) in [7, 11) is 0. The van der Waals surface area contributed by atoms with Gasteiger partial charge in [-0.2, -0.15) is 0 Å². The molecule has 0 saturated carbocycles. The van der Waals surface area contributed by atoms with E-state index in [-0.39, 0.29) is 36.1 Å². The maximum Gasteiger partial charge on any atom is 0.271 e. The van der Waals surface area contributed by atoms with Crippen molar-refractivity contribution in [2.45, 2.75) is 32.5 Å². The van der Waals surface area contributed by atoms with Crippen molar-refractivity contribution < 1.29 is 18.8 Å². The van der Waals surface area contributed by atoms with Crippen molar-refractivity contribution in [1.29, 1.82) is 0 Å². The number of benzene rings is 2. The Morgan fingerprint density at radius 2 is 1.77 bits per heavy atom. The molecule has 0 radical (unpaired) electrons. The molecule has 31 heavy (non-hydrogen) atoms. The molecular formula is C21H22FI2N3O4. The average Bonchev–Trinajstić information content (AvgIpc) is 2.71. The Morgan fingerprint density at radius 3 is 2.35 bits per heavy atom. The zero-order valence-electron chi connectivity index (χ0n) is 17.1. The lowest BCUT2D eigenvalue weighted by Gasteiger charge is -2.44. The Kier molecular flexibility index (Phi) is 8.08. The molecule has 1 aliphatic heterocycles. The standard InChI is InChI=1S/C21H22FI2N3O4/c1-13-10-26(14(2)9-25(13)11-15-3-5-16(22)6-4-15)20(28)12-31-21-18(23)7-17(27(29)30)8-19(21)24/h3-8,13-14H,9-12H2,1-2H3/t13-,14+/m0/s1. The molecule has 1 saturated heterocycles. The average molecular weight is 653 g/mol. The van der Waals surface area contributed by atoms with Crippen molar-refractivity contribution in [3.05, 3.63) is 65.0 Å². The van der Waals surface area contributed by atoms with Gasteiger partial charge in [0.15, 0.2) is 6.61 Å². The van der Waals surface area contributed by atoms with Gasteiger partial charge in [0, 0.05) is 43.9 Å². The van der Waals surface area contributed by atoms with E-state index in [1.54, 1.807) is 12.1 Å². The SMILES string of the molecule is C[C@@H]1CN(Cc2ccc(F)cc2)[C@@H](C)CN1C(=O)COc1c(I)cc([N+](=O)[O-])cc1I. The lowest BCUT2D eigenvalue weighted by molar-refractivity contribution is -0.385. The molecule has 0 aliphatic carbocycles. The first-order valence-electron chi connectivity index (χ1n) is 9.70. The summed E-state index contributed by atoms with van der Waals surface area (Å²) in [5.41, 5.74) is 1.03. The second-order valence-electron chi connectivity index (χ2n) is 7.58. The molecule has 1 amide bonds. The summed E-state index contributed by atoms with van der Waals surface area (Å²) in [6.45, 7) is 5.91. The van der Waals surface area contributed by atoms with Crippen LogP contribution < -0.4 is 4.74 Å². The highest BCUT2D eigenvalue weighted by molar-refractivity contribution is 14.1. The Bertz CT molecular complexity index is 951. The molecule has 0 spiro atoms. The van der Waals surface area contributed by atoms with Crippen LogP contribution in [0.5, 0.6) is 5.75 Å². The van der Waals surface area contributed by atoms with E-state index in [0.717, 1.165) is 5.56 Å². The lowest BCUT2D eigenvalue weighted by Crippen LogP contribution is -2.58. The van der Waals surface area contributed by atoms with Crippen LogP contribution in [0.2, 0.25) is 0 Å². The topological polar surface area (TPSA) is 75.9 Å². The van der Waals surface area contributed by atoms with Crippen LogP contribution in [0.15, 0.2) is 36.4 Å². The summed E-state index contributed by atoms with van der Waals surface area (Å²) in [5.74, 6) is 0.111. The highest BCUT2D eigenvalue weighted by atomic mass is 127. The number of nitro benzene ring substituents is 1. The Labute approximate surface area is 207 Å². The summed E-state index contributed by atoms with van der Waals surface area (Å²) < 4.78 is 20.1. The monoisotopic (exact) mass is 653 g/mol. The van der Waals surface area contributed by atoms with Crippen LogP contribution in [-0.4, -0.2) is 52.4 Å². The number of nitro groups is 1. The van der Waals surface area contributed by atoms with Gasteiger partial charge in [0.05, 0.1) is 12.1 Å². The number of carbonyl (C=O) groups excluding carboxylic acids is 1. The maximum atomic E-state index is 13.1. The predicted octanol–water partition coefficient (Wildman–Crippen LogP) is 4.44. The fourth-order valence-corrected chi connectivity index (χ4v) is 5.64. The number of piperazine rings is 1. The first-order valence-corrected chi connectivity index (χ1v) is 11.9. The normalized spacial score (nSPS) is 19.3. The number of amides is 1. The summed E-state index contributed by atoms with van der Waals surface area (Å²) in [4.78, 5) is 27.5. The summed E-state index contributed by atoms with van der Waals surface area (Å²) in [6.07, 6.45) is 0. The van der Waals surface area contributed by atoms with Crippen molar-refractivity contribution in [2.24, 2.45) is 0 Å². The number of ether oxygens (including phenoxy) is 1. The molecule has 2 aromatic carbocycles. The molecule has 10 heteroatoms. The molecule has 2 aromatic rings. The van der Waals surface area contributed by atoms with Gasteiger partial charge in [-0.1, -0.05) is 12.1 Å². The first-order chi connectivity index (χ1) is 14.7. The zero-order chi connectivity index (χ0) is 22.7. The molecule has 7 nitrogen and oxygen atoms in total. The Hall–Kier alpha value is -1.54. The Balaban J connectivity index is 1.60. The third-order valence-electron chi connectivity index (χ3n) is 5.27. The summed E-state index contributed by atoms with van der Waals surface area (Å²) >= 11 is 3.96. The van der Waals surface area contributed by atoms with E-state index >= 15 is 0 Å². The first kappa shape index (κ1) is 24.1. The van der Waals surface area contributed by atoms with Gasteiger partial charge < -0.3 is 9.64 Å². The quantitative estimate of drug-likeness (QED) is 0.262. The van der Waals surface area contributed by atoms with Gasteiger partial charge in [-0.15, -0.1) is 0 Å². The van der Waals surface area contributed by atoms with Gasteiger partial charge in [0.2, 0.25) is 0 Å². The molecule has 0 aromatic heterocycles. The van der Waals surface area contributed by atoms with E-state index in [1.807, 2.05) is 57.0 Å². The third-order valence-corrected chi connectivity index (χ3v) is 6.87. The van der Waals surface area contributed by atoms with Crippen molar-refractivity contribution in [3.63, 3.8) is 0 Å². The molecule has 3 rings (SSSR count). The van der Waals surface area contributed by atoms with Crippen molar-refractivity contribution in [2.75, 3.05) is 19.7 Å². The molecule has 0 unspecified atom stereocenters. The number of non-ortho nitro benzene ring substituents is 1. The smallest absolute Gasteiger partial charge is 0.271 e. The van der Waals surface area contributed by atoms with Crippen molar-refractivity contribution >= 4 is 56.8 Å². The van der Waals surface area contributed by atoms with E-state index in [9.17, 15) is 19.3 Å². The van der Waals surface area contributed by atoms with Crippen LogP contribution in [0, 0.1) is 23.1 Å². The highest BCUT2D eigenvalue weighted by Crippen LogP contribution is 2.32. The van der Waals surface area contributed by atoms with E-state index in [4.69, 9.17) is 4.74 Å². The van der Waals surface area contributed by atoms with E-state index in [1.165, 1.54) is 24.3 Å². The van der Waals surface area contributed by atoms with Gasteiger partial charge in [0.25, 0.3) is 11.6 Å². The summed E-state index contributed by atoms with van der Waals surface area (Å²) in [5, 5.41) is 11.0. The van der Waals surface area contributed by atoms with Crippen LogP contribution >= 0.6 is 45.2 Å². The van der Waals surface area contributed by atoms with E-state index in [0.29, 0.717) is 32.5 Å². The zero-order valence-corrected chi connectivity index (χ0v) is 21.4. The second-order valence-corrected chi connectivity index (χ2v) is 9.91. The van der Waals surface area contributed by atoms with Crippen molar-refractivity contribution in [1.82, 2.24) is 9.80 Å². The van der Waals surface area contributed by atoms with Gasteiger partial charge >= 0.3 is 0 Å². The van der Waals surface area contributed by atoms with Gasteiger partial charge in [-0.05, 0) is 76.7 Å². The summed E-state index contributed by atoms with van der Waals surface area (Å²) in [6, 6.07) is 9.50. The van der Waals surface area contributed by atoms with Crippen LogP contribution in [0.25, 0.3) is 0 Å². The molecule has 1 heterocycles. The van der Waals surface area contributed by atoms with E-state index in [2.05, 4.69) is 11.8 Å². The van der Waals surface area contributed by atoms with Gasteiger partial charge in [-0.25, -0.2) is 4.39 Å². The van der Waals surface area contributed by atoms with Crippen molar-refractivity contribution in [3.8, 4) is 5.75 Å². The van der Waals surface area contributed by atoms with Crippen LogP contribution in [0.4, 0.5) is 10.1 Å². The molecule has 1 fully saturated rings. The maximum absolute atomic E-state index is 13.1. The molecule has 0 N–H and O–H groups in total. The molecule has 2 atom stereocenters. The highest BCUT2D eigenvalue weighted by Gasteiger charge is 2.32. The minimum atomic E-state index is -0.451. The fraction of sp³-hybridized carbons (Fsp3) is 0.381. The number of nitrogens with zero attached hydrogens (tertiary/aromatic N) is 3. The minimum absolute atomic E-state index is 0.00255. The molecule has 1 aliphatic rings. The number of carbonyl (C=O) groups is 1. The number of rotatable bonds is 6. The number of hydrogen-bond acceptors (Lipinski definition) is 5. The fourth-order valence-electron chi connectivity index (χ4n) is 3.60.